The average molecular weight is 541 g/mol. The summed E-state index contributed by atoms with van der Waals surface area (Å²) in [6.07, 6.45) is 2.15. The maximum Gasteiger partial charge on any atom is 0.335 e. The van der Waals surface area contributed by atoms with E-state index in [0.29, 0.717) is 29.4 Å². The Labute approximate surface area is 214 Å². The second-order valence-electron chi connectivity index (χ2n) is 10.5. The van der Waals surface area contributed by atoms with Crippen molar-refractivity contribution < 1.29 is 22.4 Å². The van der Waals surface area contributed by atoms with Gasteiger partial charge in [-0.05, 0) is 22.2 Å². The van der Waals surface area contributed by atoms with Gasteiger partial charge in [0.25, 0.3) is 0 Å². The smallest absolute Gasteiger partial charge is 0.335 e. The highest BCUT2D eigenvalue weighted by Crippen LogP contribution is 2.48. The summed E-state index contributed by atoms with van der Waals surface area (Å²) in [7, 11) is -3.88. The molecule has 0 radical (unpaired) electrons. The van der Waals surface area contributed by atoms with E-state index in [1.165, 1.54) is 6.33 Å². The Morgan fingerprint density at radius 2 is 1.60 bits per heavy atom. The van der Waals surface area contributed by atoms with Crippen LogP contribution in [0.15, 0.2) is 18.4 Å². The van der Waals surface area contributed by atoms with Crippen molar-refractivity contribution in [3.05, 3.63) is 23.6 Å². The molecule has 2 aliphatic heterocycles. The van der Waals surface area contributed by atoms with Crippen molar-refractivity contribution in [1.29, 1.82) is 0 Å². The van der Waals surface area contributed by atoms with Crippen LogP contribution in [0.2, 0.25) is 27.3 Å². The molecule has 0 spiro atoms. The van der Waals surface area contributed by atoms with E-state index in [9.17, 15) is 0 Å². The fourth-order valence-corrected chi connectivity index (χ4v) is 16.6. The molecule has 1 saturated heterocycles. The number of hydrogen-bond acceptors (Lipinski definition) is 8. The summed E-state index contributed by atoms with van der Waals surface area (Å²) in [6, 6.07) is 0. The normalized spacial score (nSPS) is 24.3. The summed E-state index contributed by atoms with van der Waals surface area (Å²) in [5, 5.41) is 0.279. The predicted molar refractivity (Wildman–Crippen MR) is 139 cm³/mol. The molecule has 2 aliphatic rings. The molecule has 2 aromatic heterocycles. The molecule has 1 fully saturated rings. The molecule has 0 aromatic carbocycles. The summed E-state index contributed by atoms with van der Waals surface area (Å²) < 4.78 is 35.4. The minimum atomic E-state index is -2.83. The average Bonchev–Trinajstić information content (AvgIpc) is 3.34. The molecule has 4 heterocycles. The first-order chi connectivity index (χ1) is 16.5. The van der Waals surface area contributed by atoms with E-state index < -0.39 is 29.3 Å². The second kappa shape index (κ2) is 9.75. The van der Waals surface area contributed by atoms with Crippen molar-refractivity contribution in [3.63, 3.8) is 0 Å². The van der Waals surface area contributed by atoms with Crippen LogP contribution in [-0.2, 0) is 22.4 Å². The van der Waals surface area contributed by atoms with Gasteiger partial charge in [0.05, 0.1) is 13.7 Å². The lowest BCUT2D eigenvalue weighted by molar-refractivity contribution is -0.0163. The van der Waals surface area contributed by atoms with Crippen LogP contribution in [0, 0.1) is 0 Å². The lowest BCUT2D eigenvalue weighted by Gasteiger charge is -2.51. The lowest BCUT2D eigenvalue weighted by atomic mass is 10.2. The molecule has 4 rings (SSSR count). The van der Waals surface area contributed by atoms with Gasteiger partial charge in [0, 0.05) is 0 Å². The Morgan fingerprint density at radius 1 is 0.971 bits per heavy atom. The highest BCUT2D eigenvalue weighted by atomic mass is 35.5. The fourth-order valence-electron chi connectivity index (χ4n) is 5.26. The zero-order valence-corrected chi connectivity index (χ0v) is 24.8. The number of nitrogens with zero attached hydrogens (tertiary/aromatic N) is 4. The molecule has 0 N–H and O–H groups in total. The summed E-state index contributed by atoms with van der Waals surface area (Å²) in [5.74, 6) is 1.04. The molecule has 0 aliphatic carbocycles. The second-order valence-corrected chi connectivity index (χ2v) is 19.7. The summed E-state index contributed by atoms with van der Waals surface area (Å²) in [5.41, 5.74) is 1.90. The topological polar surface area (TPSA) is 89.8 Å². The first-order valence-electron chi connectivity index (χ1n) is 12.3. The number of methoxy groups -OCH3 is 1. The third-order valence-electron chi connectivity index (χ3n) is 7.12. The van der Waals surface area contributed by atoms with Gasteiger partial charge in [-0.25, -0.2) is 19.5 Å². The van der Waals surface area contributed by atoms with E-state index in [1.807, 2.05) is 0 Å². The van der Waals surface area contributed by atoms with Crippen LogP contribution in [0.1, 0.15) is 55.4 Å². The van der Waals surface area contributed by atoms with Crippen LogP contribution in [0.25, 0.3) is 17.0 Å². The van der Waals surface area contributed by atoms with E-state index in [2.05, 4.69) is 70.3 Å². The Bertz CT molecular complexity index is 1090. The Morgan fingerprint density at radius 3 is 2.17 bits per heavy atom. The highest BCUT2D eigenvalue weighted by Gasteiger charge is 2.61. The summed E-state index contributed by atoms with van der Waals surface area (Å²) in [6.45, 7) is 17.9. The molecule has 194 valence electrons. The number of halogens is 1. The SMILES string of the molecule is COC1=C(n2cnc3c(Cl)ncnc32)O[C@@H]2CO[Si](C(C)C)(C(C)C)O[Si](C(C)C)(C(C)C)O[C@@H]12. The highest BCUT2D eigenvalue weighted by molar-refractivity contribution is 6.84. The van der Waals surface area contributed by atoms with Crippen molar-refractivity contribution in [1.82, 2.24) is 19.5 Å². The van der Waals surface area contributed by atoms with Crippen molar-refractivity contribution in [2.24, 2.45) is 0 Å². The molecule has 9 nitrogen and oxygen atoms in total. The molecule has 2 atom stereocenters. The third kappa shape index (κ3) is 4.23. The summed E-state index contributed by atoms with van der Waals surface area (Å²) in [4.78, 5) is 12.8. The van der Waals surface area contributed by atoms with E-state index in [1.54, 1.807) is 18.0 Å². The van der Waals surface area contributed by atoms with Gasteiger partial charge >= 0.3 is 17.1 Å². The monoisotopic (exact) mass is 540 g/mol. The molecule has 0 saturated carbocycles. The fraction of sp³-hybridized carbons (Fsp3) is 0.696. The van der Waals surface area contributed by atoms with Gasteiger partial charge in [-0.15, -0.1) is 0 Å². The maximum atomic E-state index is 7.27. The number of hydrogen-bond donors (Lipinski definition) is 0. The summed E-state index contributed by atoms with van der Waals surface area (Å²) >= 11 is 6.24. The molecule has 35 heavy (non-hydrogen) atoms. The Hall–Kier alpha value is -1.51. The third-order valence-corrected chi connectivity index (χ3v) is 17.6. The molecular weight excluding hydrogens is 504 g/mol. The number of fused-ring (bicyclic) bond motifs is 2. The van der Waals surface area contributed by atoms with Crippen molar-refractivity contribution >= 4 is 45.8 Å². The molecule has 0 unspecified atom stereocenters. The van der Waals surface area contributed by atoms with Crippen LogP contribution in [-0.4, -0.2) is 62.6 Å². The van der Waals surface area contributed by atoms with Crippen molar-refractivity contribution in [2.75, 3.05) is 13.7 Å². The van der Waals surface area contributed by atoms with Gasteiger partial charge in [-0.2, -0.15) is 0 Å². The molecule has 0 bridgehead atoms. The van der Waals surface area contributed by atoms with Gasteiger partial charge < -0.3 is 22.4 Å². The van der Waals surface area contributed by atoms with E-state index >= 15 is 0 Å². The van der Waals surface area contributed by atoms with Crippen LogP contribution in [0.5, 0.6) is 0 Å². The minimum absolute atomic E-state index is 0.192. The lowest BCUT2D eigenvalue weighted by Crippen LogP contribution is -2.65. The van der Waals surface area contributed by atoms with Crippen LogP contribution in [0.3, 0.4) is 0 Å². The number of aromatic nitrogens is 4. The molecule has 12 heteroatoms. The van der Waals surface area contributed by atoms with Crippen LogP contribution < -0.4 is 0 Å². The zero-order valence-electron chi connectivity index (χ0n) is 22.0. The van der Waals surface area contributed by atoms with Crippen molar-refractivity contribution in [2.45, 2.75) is 89.8 Å². The van der Waals surface area contributed by atoms with Gasteiger partial charge in [0.2, 0.25) is 5.88 Å². The number of ether oxygens (including phenoxy) is 2. The van der Waals surface area contributed by atoms with Gasteiger partial charge in [-0.3, -0.25) is 0 Å². The Kier molecular flexibility index (Phi) is 7.40. The first kappa shape index (κ1) is 26.6. The Balaban J connectivity index is 1.85. The van der Waals surface area contributed by atoms with E-state index in [4.69, 9.17) is 34.0 Å². The van der Waals surface area contributed by atoms with Gasteiger partial charge in [0.1, 0.15) is 24.3 Å². The predicted octanol–water partition coefficient (Wildman–Crippen LogP) is 5.61. The van der Waals surface area contributed by atoms with E-state index in [-0.39, 0.29) is 27.3 Å². The first-order valence-corrected chi connectivity index (χ1v) is 16.6. The van der Waals surface area contributed by atoms with Crippen LogP contribution in [0.4, 0.5) is 0 Å². The molecule has 0 amide bonds. The number of imidazole rings is 1. The maximum absolute atomic E-state index is 7.27. The van der Waals surface area contributed by atoms with Gasteiger partial charge in [-0.1, -0.05) is 67.0 Å². The van der Waals surface area contributed by atoms with E-state index in [0.717, 1.165) is 0 Å². The minimum Gasteiger partial charge on any atom is -0.493 e. The molecular formula is C23H37ClN4O5Si2. The van der Waals surface area contributed by atoms with Crippen LogP contribution >= 0.6 is 11.6 Å². The standard InChI is InChI=1S/C23H37ClN4O5Si2/c1-13(2)34(14(3)4)30-10-17-19(32-35(33-34,15(5)6)16(7)8)20(29-9)23(31-17)28-12-27-18-21(24)25-11-26-22(18)28/h11-17,19H,10H2,1-9H3/t17-,19-/m1/s1. The van der Waals surface area contributed by atoms with Gasteiger partial charge in [0.15, 0.2) is 22.7 Å². The largest absolute Gasteiger partial charge is 0.493 e. The quantitative estimate of drug-likeness (QED) is 0.345. The number of rotatable bonds is 6. The zero-order chi connectivity index (χ0) is 25.7. The molecule has 2 aromatic rings. The van der Waals surface area contributed by atoms with Crippen molar-refractivity contribution in [3.8, 4) is 0 Å².